The molecule has 0 saturated heterocycles. The van der Waals surface area contributed by atoms with Crippen LogP contribution in [0.5, 0.6) is 0 Å². The zero-order valence-electron chi connectivity index (χ0n) is 11.5. The number of aliphatic hydroxyl groups excluding tert-OH is 1. The fourth-order valence-corrected chi connectivity index (χ4v) is 1.14. The van der Waals surface area contributed by atoms with Crippen LogP contribution in [0, 0.1) is 0 Å². The van der Waals surface area contributed by atoms with Gasteiger partial charge in [-0.25, -0.2) is 0 Å². The van der Waals surface area contributed by atoms with Gasteiger partial charge in [-0.15, -0.1) is 0 Å². The minimum Gasteiger partial charge on any atom is -0.388 e. The van der Waals surface area contributed by atoms with Crippen molar-refractivity contribution in [3.63, 3.8) is 0 Å². The predicted molar refractivity (Wildman–Crippen MR) is 72.8 cm³/mol. The average molecular weight is 278 g/mol. The molecule has 0 fully saturated rings. The molecule has 19 heavy (non-hydrogen) atoms. The van der Waals surface area contributed by atoms with Crippen molar-refractivity contribution in [3.8, 4) is 0 Å². The van der Waals surface area contributed by atoms with Gasteiger partial charge in [0.15, 0.2) is 0 Å². The Morgan fingerprint density at radius 2 is 1.42 bits per heavy atom. The van der Waals surface area contributed by atoms with Gasteiger partial charge in [0.1, 0.15) is 6.10 Å². The van der Waals surface area contributed by atoms with Gasteiger partial charge in [0.25, 0.3) is 0 Å². The van der Waals surface area contributed by atoms with Crippen LogP contribution in [0.15, 0.2) is 4.99 Å². The Morgan fingerprint density at radius 1 is 0.895 bits per heavy atom. The summed E-state index contributed by atoms with van der Waals surface area (Å²) >= 11 is 0. The zero-order chi connectivity index (χ0) is 14.2. The van der Waals surface area contributed by atoms with E-state index in [1.807, 2.05) is 0 Å². The lowest BCUT2D eigenvalue weighted by Gasteiger charge is -2.12. The number of nitrogens with zero attached hydrogens (tertiary/aromatic N) is 1. The molecule has 0 radical (unpaired) electrons. The molecule has 1 atom stereocenters. The Morgan fingerprint density at radius 3 is 1.95 bits per heavy atom. The third kappa shape index (κ3) is 15.4. The quantitative estimate of drug-likeness (QED) is 0.297. The Bertz CT molecular complexity index is 195. The van der Waals surface area contributed by atoms with Crippen LogP contribution in [0.1, 0.15) is 0 Å². The molecule has 0 aromatic carbocycles. The number of aliphatic hydroxyl groups is 1. The third-order valence-electron chi connectivity index (χ3n) is 2.02. The van der Waals surface area contributed by atoms with E-state index >= 15 is 0 Å². The van der Waals surface area contributed by atoms with E-state index in [-0.39, 0.29) is 13.2 Å². The zero-order valence-corrected chi connectivity index (χ0v) is 11.5. The Kier molecular flexibility index (Phi) is 15.0. The number of ether oxygens (including phenoxy) is 4. The lowest BCUT2D eigenvalue weighted by atomic mass is 10.4. The number of hydrogen-bond donors (Lipinski definition) is 2. The highest BCUT2D eigenvalue weighted by molar-refractivity contribution is 5.22. The van der Waals surface area contributed by atoms with Gasteiger partial charge in [-0.05, 0) is 6.72 Å². The second-order valence-electron chi connectivity index (χ2n) is 3.76. The lowest BCUT2D eigenvalue weighted by molar-refractivity contribution is -0.0404. The van der Waals surface area contributed by atoms with Crippen LogP contribution in [0.3, 0.4) is 0 Å². The number of hydrogen-bond acceptors (Lipinski definition) is 7. The monoisotopic (exact) mass is 278 g/mol. The topological polar surface area (TPSA) is 95.5 Å². The highest BCUT2D eigenvalue weighted by Gasteiger charge is 2.04. The van der Waals surface area contributed by atoms with Gasteiger partial charge >= 0.3 is 0 Å². The molecule has 7 heteroatoms. The molecule has 0 amide bonds. The summed E-state index contributed by atoms with van der Waals surface area (Å²) in [6, 6.07) is 0. The second-order valence-corrected chi connectivity index (χ2v) is 3.76. The van der Waals surface area contributed by atoms with Gasteiger partial charge in [0.2, 0.25) is 0 Å². The first-order chi connectivity index (χ1) is 9.31. The highest BCUT2D eigenvalue weighted by atomic mass is 16.5. The van der Waals surface area contributed by atoms with Crippen molar-refractivity contribution in [3.05, 3.63) is 0 Å². The first-order valence-corrected chi connectivity index (χ1v) is 6.42. The minimum absolute atomic E-state index is 0.229. The van der Waals surface area contributed by atoms with Crippen molar-refractivity contribution >= 4 is 6.72 Å². The van der Waals surface area contributed by atoms with Gasteiger partial charge in [-0.1, -0.05) is 0 Å². The van der Waals surface area contributed by atoms with Crippen LogP contribution in [0.25, 0.3) is 0 Å². The normalized spacial score (nSPS) is 12.5. The van der Waals surface area contributed by atoms with E-state index in [2.05, 4.69) is 11.7 Å². The first kappa shape index (κ1) is 18.4. The van der Waals surface area contributed by atoms with Crippen molar-refractivity contribution in [2.45, 2.75) is 6.10 Å². The van der Waals surface area contributed by atoms with Crippen LogP contribution in [0.2, 0.25) is 0 Å². The van der Waals surface area contributed by atoms with Crippen molar-refractivity contribution < 1.29 is 24.1 Å². The molecular weight excluding hydrogens is 252 g/mol. The third-order valence-corrected chi connectivity index (χ3v) is 2.02. The predicted octanol–water partition coefficient (Wildman–Crippen LogP) is -0.927. The van der Waals surface area contributed by atoms with Crippen LogP contribution >= 0.6 is 0 Å². The number of rotatable bonds is 15. The van der Waals surface area contributed by atoms with E-state index in [0.29, 0.717) is 52.7 Å². The molecule has 0 bridgehead atoms. The fraction of sp³-hybridized carbons (Fsp3) is 0.917. The molecule has 1 unspecified atom stereocenters. The molecule has 0 aromatic heterocycles. The van der Waals surface area contributed by atoms with E-state index in [4.69, 9.17) is 24.7 Å². The Balaban J connectivity index is 3.12. The van der Waals surface area contributed by atoms with E-state index < -0.39 is 6.10 Å². The summed E-state index contributed by atoms with van der Waals surface area (Å²) in [6.45, 7) is 7.80. The number of aliphatic imine (C=N–C) groups is 1. The maximum atomic E-state index is 9.52. The molecule has 0 heterocycles. The number of nitrogens with two attached hydrogens (primary N) is 1. The summed E-state index contributed by atoms with van der Waals surface area (Å²) in [6.07, 6.45) is -0.635. The van der Waals surface area contributed by atoms with Crippen LogP contribution < -0.4 is 5.73 Å². The van der Waals surface area contributed by atoms with Crippen molar-refractivity contribution in [2.75, 3.05) is 65.9 Å². The molecule has 0 aliphatic rings. The lowest BCUT2D eigenvalue weighted by Crippen LogP contribution is -2.24. The van der Waals surface area contributed by atoms with E-state index in [1.165, 1.54) is 0 Å². The largest absolute Gasteiger partial charge is 0.388 e. The summed E-state index contributed by atoms with van der Waals surface area (Å²) in [4.78, 5) is 3.65. The molecule has 114 valence electrons. The molecule has 0 saturated carbocycles. The van der Waals surface area contributed by atoms with E-state index in [9.17, 15) is 5.11 Å². The van der Waals surface area contributed by atoms with Gasteiger partial charge in [0.05, 0.1) is 59.4 Å². The maximum Gasteiger partial charge on any atom is 0.101 e. The second kappa shape index (κ2) is 15.5. The van der Waals surface area contributed by atoms with Gasteiger partial charge in [0, 0.05) is 6.54 Å². The average Bonchev–Trinajstić information content (AvgIpc) is 2.41. The molecule has 0 aromatic rings. The molecule has 3 N–H and O–H groups in total. The summed E-state index contributed by atoms with van der Waals surface area (Å²) in [7, 11) is 0. The molecule has 0 rings (SSSR count). The molecule has 0 aliphatic heterocycles. The standard InChI is InChI=1S/C12H26N2O5/c1-14-3-5-17-7-9-19-11-12(15)10-18-8-6-16-4-2-13/h12,15H,1-11,13H2. The van der Waals surface area contributed by atoms with E-state index in [1.54, 1.807) is 0 Å². The van der Waals surface area contributed by atoms with Crippen molar-refractivity contribution in [1.29, 1.82) is 0 Å². The molecule has 0 aliphatic carbocycles. The summed E-state index contributed by atoms with van der Waals surface area (Å²) < 4.78 is 20.7. The van der Waals surface area contributed by atoms with Crippen LogP contribution in [-0.2, 0) is 18.9 Å². The molecular formula is C12H26N2O5. The molecule has 7 nitrogen and oxygen atoms in total. The van der Waals surface area contributed by atoms with Crippen molar-refractivity contribution in [1.82, 2.24) is 0 Å². The highest BCUT2D eigenvalue weighted by Crippen LogP contribution is 1.89. The summed E-state index contributed by atoms with van der Waals surface area (Å²) in [5, 5.41) is 9.52. The van der Waals surface area contributed by atoms with Crippen LogP contribution in [-0.4, -0.2) is 83.9 Å². The van der Waals surface area contributed by atoms with Crippen molar-refractivity contribution in [2.24, 2.45) is 10.7 Å². The smallest absolute Gasteiger partial charge is 0.101 e. The van der Waals surface area contributed by atoms with E-state index in [0.717, 1.165) is 0 Å². The Labute approximate surface area is 114 Å². The van der Waals surface area contributed by atoms with Gasteiger partial charge < -0.3 is 29.8 Å². The summed E-state index contributed by atoms with van der Waals surface area (Å²) in [5.41, 5.74) is 5.26. The first-order valence-electron chi connectivity index (χ1n) is 6.42. The SMILES string of the molecule is C=NCCOCCOCC(O)COCCOCCN. The van der Waals surface area contributed by atoms with Gasteiger partial charge in [-0.2, -0.15) is 0 Å². The van der Waals surface area contributed by atoms with Crippen LogP contribution in [0.4, 0.5) is 0 Å². The Hall–Kier alpha value is -0.570. The molecule has 0 spiro atoms. The fourth-order valence-electron chi connectivity index (χ4n) is 1.14. The van der Waals surface area contributed by atoms with Gasteiger partial charge in [-0.3, -0.25) is 4.99 Å². The maximum absolute atomic E-state index is 9.52. The minimum atomic E-state index is -0.635. The summed E-state index contributed by atoms with van der Waals surface area (Å²) in [5.74, 6) is 0.